The van der Waals surface area contributed by atoms with Crippen molar-refractivity contribution in [1.82, 2.24) is 19.8 Å². The monoisotopic (exact) mass is 316 g/mol. The van der Waals surface area contributed by atoms with Crippen LogP contribution in [-0.2, 0) is 13.6 Å². The van der Waals surface area contributed by atoms with Gasteiger partial charge >= 0.3 is 0 Å². The van der Waals surface area contributed by atoms with Crippen LogP contribution in [0.1, 0.15) is 17.4 Å². The summed E-state index contributed by atoms with van der Waals surface area (Å²) in [5.41, 5.74) is 1.13. The van der Waals surface area contributed by atoms with E-state index in [1.54, 1.807) is 14.2 Å². The molecule has 1 N–H and O–H groups in total. The molecule has 6 nitrogen and oxygen atoms in total. The zero-order chi connectivity index (χ0) is 16.2. The van der Waals surface area contributed by atoms with Gasteiger partial charge in [-0.3, -0.25) is 4.90 Å². The Kier molecular flexibility index (Phi) is 4.83. The average molecular weight is 316 g/mol. The number of methoxy groups -OCH3 is 2. The first-order chi connectivity index (χ1) is 11.2. The third kappa shape index (κ3) is 3.18. The Morgan fingerprint density at radius 3 is 2.87 bits per heavy atom. The van der Waals surface area contributed by atoms with Gasteiger partial charge in [0.05, 0.1) is 20.3 Å². The Balaban J connectivity index is 1.87. The number of rotatable bonds is 5. The molecule has 1 fully saturated rings. The smallest absolute Gasteiger partial charge is 0.165 e. The van der Waals surface area contributed by atoms with E-state index in [4.69, 9.17) is 9.47 Å². The van der Waals surface area contributed by atoms with Gasteiger partial charge in [0.2, 0.25) is 0 Å². The van der Waals surface area contributed by atoms with Crippen molar-refractivity contribution in [1.29, 1.82) is 0 Å². The molecule has 6 heteroatoms. The maximum Gasteiger partial charge on any atom is 0.165 e. The van der Waals surface area contributed by atoms with Gasteiger partial charge in [0.25, 0.3) is 0 Å². The minimum atomic E-state index is 0.250. The van der Waals surface area contributed by atoms with Crippen LogP contribution in [-0.4, -0.2) is 48.3 Å². The molecule has 124 valence electrons. The highest BCUT2D eigenvalue weighted by Gasteiger charge is 2.27. The number of ether oxygens (including phenoxy) is 2. The molecule has 0 spiro atoms. The lowest BCUT2D eigenvalue weighted by Gasteiger charge is -2.36. The van der Waals surface area contributed by atoms with Gasteiger partial charge in [-0.25, -0.2) is 4.98 Å². The summed E-state index contributed by atoms with van der Waals surface area (Å²) in [5, 5.41) is 3.47. The summed E-state index contributed by atoms with van der Waals surface area (Å²) in [6, 6.07) is 6.28. The summed E-state index contributed by atoms with van der Waals surface area (Å²) in [6.45, 7) is 3.65. The second-order valence-electron chi connectivity index (χ2n) is 5.74. The standard InChI is InChI=1S/C17H24N4O2/c1-20-9-8-19-17(20)14-11-18-7-10-21(14)12-13-5-4-6-15(22-2)16(13)23-3/h4-6,8-9,14,18H,7,10-12H2,1-3H3. The fraction of sp³-hybridized carbons (Fsp3) is 0.471. The van der Waals surface area contributed by atoms with Crippen molar-refractivity contribution in [3.8, 4) is 11.5 Å². The highest BCUT2D eigenvalue weighted by atomic mass is 16.5. The first kappa shape index (κ1) is 15.8. The largest absolute Gasteiger partial charge is 0.493 e. The van der Waals surface area contributed by atoms with Crippen LogP contribution in [0.25, 0.3) is 0 Å². The van der Waals surface area contributed by atoms with E-state index in [0.717, 1.165) is 49.1 Å². The van der Waals surface area contributed by atoms with Gasteiger partial charge in [-0.05, 0) is 6.07 Å². The number of piperazine rings is 1. The number of hydrogen-bond acceptors (Lipinski definition) is 5. The van der Waals surface area contributed by atoms with Crippen molar-refractivity contribution in [2.45, 2.75) is 12.6 Å². The summed E-state index contributed by atoms with van der Waals surface area (Å²) < 4.78 is 13.1. The second-order valence-corrected chi connectivity index (χ2v) is 5.74. The lowest BCUT2D eigenvalue weighted by molar-refractivity contribution is 0.143. The zero-order valence-electron chi connectivity index (χ0n) is 14.0. The molecule has 1 unspecified atom stereocenters. The minimum Gasteiger partial charge on any atom is -0.493 e. The highest BCUT2D eigenvalue weighted by molar-refractivity contribution is 5.46. The number of benzene rings is 1. The Hall–Kier alpha value is -2.05. The molecule has 0 aliphatic carbocycles. The number of aryl methyl sites for hydroxylation is 1. The molecule has 1 aromatic carbocycles. The molecule has 1 atom stereocenters. The Bertz CT molecular complexity index is 656. The van der Waals surface area contributed by atoms with Crippen LogP contribution in [0.15, 0.2) is 30.6 Å². The molecular weight excluding hydrogens is 292 g/mol. The number of aromatic nitrogens is 2. The topological polar surface area (TPSA) is 51.5 Å². The van der Waals surface area contributed by atoms with E-state index in [0.29, 0.717) is 0 Å². The zero-order valence-corrected chi connectivity index (χ0v) is 14.0. The normalized spacial score (nSPS) is 18.8. The van der Waals surface area contributed by atoms with Crippen LogP contribution >= 0.6 is 0 Å². The third-order valence-corrected chi connectivity index (χ3v) is 4.37. The van der Waals surface area contributed by atoms with Crippen LogP contribution in [0.3, 0.4) is 0 Å². The van der Waals surface area contributed by atoms with E-state index < -0.39 is 0 Å². The van der Waals surface area contributed by atoms with Gasteiger partial charge < -0.3 is 19.4 Å². The molecule has 2 heterocycles. The van der Waals surface area contributed by atoms with Crippen molar-refractivity contribution in [3.63, 3.8) is 0 Å². The van der Waals surface area contributed by atoms with Gasteiger partial charge in [-0.1, -0.05) is 12.1 Å². The summed E-state index contributed by atoms with van der Waals surface area (Å²) in [5.74, 6) is 2.67. The van der Waals surface area contributed by atoms with Crippen LogP contribution in [0, 0.1) is 0 Å². The Morgan fingerprint density at radius 1 is 1.30 bits per heavy atom. The number of para-hydroxylation sites is 1. The van der Waals surface area contributed by atoms with Crippen molar-refractivity contribution in [3.05, 3.63) is 42.0 Å². The molecule has 3 rings (SSSR count). The highest BCUT2D eigenvalue weighted by Crippen LogP contribution is 2.33. The molecule has 2 aromatic rings. The number of hydrogen-bond donors (Lipinski definition) is 1. The molecular formula is C17H24N4O2. The fourth-order valence-electron chi connectivity index (χ4n) is 3.19. The molecule has 1 saturated heterocycles. The van der Waals surface area contributed by atoms with Crippen molar-refractivity contribution in [2.24, 2.45) is 7.05 Å². The number of nitrogens with one attached hydrogen (secondary N) is 1. The molecule has 0 radical (unpaired) electrons. The maximum atomic E-state index is 5.57. The maximum absolute atomic E-state index is 5.57. The SMILES string of the molecule is COc1cccc(CN2CCNCC2c2nccn2C)c1OC. The van der Waals surface area contributed by atoms with E-state index in [9.17, 15) is 0 Å². The summed E-state index contributed by atoms with van der Waals surface area (Å²) in [7, 11) is 5.40. The van der Waals surface area contributed by atoms with E-state index in [1.807, 2.05) is 31.6 Å². The summed E-state index contributed by atoms with van der Waals surface area (Å²) in [4.78, 5) is 6.97. The quantitative estimate of drug-likeness (QED) is 0.908. The van der Waals surface area contributed by atoms with Crippen molar-refractivity contribution in [2.75, 3.05) is 33.9 Å². The molecule has 1 aliphatic heterocycles. The van der Waals surface area contributed by atoms with Gasteiger partial charge in [0.1, 0.15) is 5.82 Å². The van der Waals surface area contributed by atoms with E-state index in [1.165, 1.54) is 0 Å². The summed E-state index contributed by atoms with van der Waals surface area (Å²) >= 11 is 0. The Labute approximate surface area is 137 Å². The first-order valence-electron chi connectivity index (χ1n) is 7.86. The third-order valence-electron chi connectivity index (χ3n) is 4.37. The van der Waals surface area contributed by atoms with E-state index in [-0.39, 0.29) is 6.04 Å². The lowest BCUT2D eigenvalue weighted by atomic mass is 10.1. The lowest BCUT2D eigenvalue weighted by Crippen LogP contribution is -2.46. The predicted octanol–water partition coefficient (Wildman–Crippen LogP) is 1.58. The first-order valence-corrected chi connectivity index (χ1v) is 7.86. The van der Waals surface area contributed by atoms with Gasteiger partial charge in [-0.15, -0.1) is 0 Å². The van der Waals surface area contributed by atoms with Gasteiger partial charge in [0, 0.05) is 51.2 Å². The van der Waals surface area contributed by atoms with Gasteiger partial charge in [-0.2, -0.15) is 0 Å². The molecule has 0 amide bonds. The van der Waals surface area contributed by atoms with E-state index >= 15 is 0 Å². The fourth-order valence-corrected chi connectivity index (χ4v) is 3.19. The molecule has 1 aromatic heterocycles. The molecule has 23 heavy (non-hydrogen) atoms. The van der Waals surface area contributed by atoms with Crippen LogP contribution in [0.5, 0.6) is 11.5 Å². The van der Waals surface area contributed by atoms with E-state index in [2.05, 4.69) is 25.8 Å². The van der Waals surface area contributed by atoms with Crippen molar-refractivity contribution < 1.29 is 9.47 Å². The second kappa shape index (κ2) is 7.02. The molecule has 0 bridgehead atoms. The minimum absolute atomic E-state index is 0.250. The Morgan fingerprint density at radius 2 is 2.17 bits per heavy atom. The van der Waals surface area contributed by atoms with Crippen LogP contribution in [0.4, 0.5) is 0 Å². The molecule has 1 aliphatic rings. The predicted molar refractivity (Wildman–Crippen MR) is 88.8 cm³/mol. The van der Waals surface area contributed by atoms with Crippen LogP contribution < -0.4 is 14.8 Å². The van der Waals surface area contributed by atoms with Crippen LogP contribution in [0.2, 0.25) is 0 Å². The number of imidazole rings is 1. The van der Waals surface area contributed by atoms with Gasteiger partial charge in [0.15, 0.2) is 11.5 Å². The van der Waals surface area contributed by atoms with Crippen molar-refractivity contribution >= 4 is 0 Å². The average Bonchev–Trinajstić information content (AvgIpc) is 3.01. The molecule has 0 saturated carbocycles. The summed E-state index contributed by atoms with van der Waals surface area (Å²) in [6.07, 6.45) is 3.85. The number of nitrogens with zero attached hydrogens (tertiary/aromatic N) is 3.